The molecule has 3 aromatic rings. The van der Waals surface area contributed by atoms with E-state index in [-0.39, 0.29) is 24.1 Å². The van der Waals surface area contributed by atoms with Gasteiger partial charge in [-0.2, -0.15) is 0 Å². The number of hydrogen-bond donors (Lipinski definition) is 2. The third-order valence-corrected chi connectivity index (χ3v) is 8.16. The number of nitrogens with one attached hydrogen (secondary N) is 2. The number of aromatic nitrogens is 1. The maximum atomic E-state index is 14.7. The van der Waals surface area contributed by atoms with E-state index in [1.807, 2.05) is 36.1 Å². The summed E-state index contributed by atoms with van der Waals surface area (Å²) < 4.78 is 14.7. The van der Waals surface area contributed by atoms with Crippen LogP contribution in [0.15, 0.2) is 48.5 Å². The molecule has 4 heterocycles. The van der Waals surface area contributed by atoms with Crippen LogP contribution in [0.1, 0.15) is 48.2 Å². The van der Waals surface area contributed by atoms with E-state index in [1.165, 1.54) is 32.0 Å². The van der Waals surface area contributed by atoms with Crippen molar-refractivity contribution in [2.24, 2.45) is 0 Å². The number of aryl methyl sites for hydroxylation is 1. The topological polar surface area (TPSA) is 68.4 Å². The number of aromatic amines is 1. The van der Waals surface area contributed by atoms with Crippen molar-refractivity contribution in [3.05, 3.63) is 76.9 Å². The minimum atomic E-state index is -0.338. The maximum absolute atomic E-state index is 14.7. The second-order valence-electron chi connectivity index (χ2n) is 10.6. The summed E-state index contributed by atoms with van der Waals surface area (Å²) in [5, 5.41) is 2.92. The molecule has 0 bridgehead atoms. The zero-order chi connectivity index (χ0) is 26.2. The molecule has 0 spiro atoms. The highest BCUT2D eigenvalue weighted by Crippen LogP contribution is 2.41. The van der Waals surface area contributed by atoms with Gasteiger partial charge in [-0.3, -0.25) is 9.59 Å². The molecule has 1 aromatic heterocycles. The van der Waals surface area contributed by atoms with Gasteiger partial charge in [0, 0.05) is 47.3 Å². The Morgan fingerprint density at radius 1 is 1.03 bits per heavy atom. The highest BCUT2D eigenvalue weighted by Gasteiger charge is 2.30. The van der Waals surface area contributed by atoms with Crippen molar-refractivity contribution in [1.82, 2.24) is 14.8 Å². The zero-order valence-electron chi connectivity index (χ0n) is 21.7. The molecule has 3 aliphatic rings. The van der Waals surface area contributed by atoms with Crippen LogP contribution in [-0.4, -0.2) is 58.8 Å². The monoisotopic (exact) mass is 512 g/mol. The molecule has 6 nitrogen and oxygen atoms in total. The molecule has 0 unspecified atom stereocenters. The molecule has 2 aromatic carbocycles. The number of carbonyl (C=O) groups is 2. The molecule has 3 aliphatic heterocycles. The normalized spacial score (nSPS) is 19.3. The lowest BCUT2D eigenvalue weighted by molar-refractivity contribution is -0.132. The number of H-pyrrole nitrogens is 1. The van der Waals surface area contributed by atoms with Crippen molar-refractivity contribution in [2.45, 2.75) is 45.1 Å². The smallest absolute Gasteiger partial charge is 0.256 e. The summed E-state index contributed by atoms with van der Waals surface area (Å²) in [6.07, 6.45) is 6.72. The van der Waals surface area contributed by atoms with Crippen molar-refractivity contribution in [3.8, 4) is 11.1 Å². The van der Waals surface area contributed by atoms with E-state index >= 15 is 0 Å². The molecule has 0 atom stereocenters. The average molecular weight is 513 g/mol. The van der Waals surface area contributed by atoms with E-state index in [4.69, 9.17) is 0 Å². The van der Waals surface area contributed by atoms with Crippen LogP contribution < -0.4 is 5.32 Å². The number of halogens is 1. The SMILES string of the molecule is Cc1cc(CC(=O)N2CCC(N3CCCC3)CC2)c(C=C2C(=O)Nc3cccc(-c4ccccc4F)c32)[nH]1. The molecule has 6 rings (SSSR count). The molecule has 2 fully saturated rings. The summed E-state index contributed by atoms with van der Waals surface area (Å²) in [7, 11) is 0. The molecule has 7 heteroatoms. The predicted octanol–water partition coefficient (Wildman–Crippen LogP) is 5.25. The third kappa shape index (κ3) is 4.67. The molecule has 2 saturated heterocycles. The third-order valence-electron chi connectivity index (χ3n) is 8.16. The van der Waals surface area contributed by atoms with Crippen molar-refractivity contribution in [2.75, 3.05) is 31.5 Å². The number of amides is 2. The zero-order valence-corrected chi connectivity index (χ0v) is 21.7. The number of hydrogen-bond acceptors (Lipinski definition) is 3. The van der Waals surface area contributed by atoms with Crippen LogP contribution in [0.4, 0.5) is 10.1 Å². The fraction of sp³-hybridized carbons (Fsp3) is 0.355. The van der Waals surface area contributed by atoms with Gasteiger partial charge < -0.3 is 20.1 Å². The number of fused-ring (bicyclic) bond motifs is 1. The number of carbonyl (C=O) groups excluding carboxylic acids is 2. The van der Waals surface area contributed by atoms with E-state index in [2.05, 4.69) is 15.2 Å². The number of rotatable bonds is 5. The van der Waals surface area contributed by atoms with Crippen molar-refractivity contribution in [1.29, 1.82) is 0 Å². The second kappa shape index (κ2) is 10.2. The van der Waals surface area contributed by atoms with E-state index in [0.29, 0.717) is 34.0 Å². The van der Waals surface area contributed by atoms with Gasteiger partial charge in [-0.05, 0) is 81.1 Å². The Balaban J connectivity index is 1.25. The van der Waals surface area contributed by atoms with Crippen molar-refractivity contribution in [3.63, 3.8) is 0 Å². The molecule has 38 heavy (non-hydrogen) atoms. The van der Waals surface area contributed by atoms with E-state index in [9.17, 15) is 14.0 Å². The first-order chi connectivity index (χ1) is 18.5. The largest absolute Gasteiger partial charge is 0.359 e. The minimum Gasteiger partial charge on any atom is -0.359 e. The molecular formula is C31H33FN4O2. The number of piperidine rings is 1. The van der Waals surface area contributed by atoms with Crippen LogP contribution >= 0.6 is 0 Å². The van der Waals surface area contributed by atoms with Gasteiger partial charge in [-0.15, -0.1) is 0 Å². The van der Waals surface area contributed by atoms with Gasteiger partial charge in [0.1, 0.15) is 5.82 Å². The first-order valence-corrected chi connectivity index (χ1v) is 13.6. The van der Waals surface area contributed by atoms with Crippen molar-refractivity contribution < 1.29 is 14.0 Å². The Morgan fingerprint density at radius 2 is 1.76 bits per heavy atom. The predicted molar refractivity (Wildman–Crippen MR) is 148 cm³/mol. The van der Waals surface area contributed by atoms with Gasteiger partial charge in [0.25, 0.3) is 5.91 Å². The molecular weight excluding hydrogens is 479 g/mol. The maximum Gasteiger partial charge on any atom is 0.256 e. The first kappa shape index (κ1) is 24.6. The molecule has 196 valence electrons. The van der Waals surface area contributed by atoms with Crippen molar-refractivity contribution >= 4 is 29.2 Å². The first-order valence-electron chi connectivity index (χ1n) is 13.6. The van der Waals surface area contributed by atoms with Gasteiger partial charge in [-0.1, -0.05) is 30.3 Å². The molecule has 0 radical (unpaired) electrons. The van der Waals surface area contributed by atoms with Crippen LogP contribution in [-0.2, 0) is 16.0 Å². The number of likely N-dealkylation sites (tertiary alicyclic amines) is 2. The van der Waals surface area contributed by atoms with Gasteiger partial charge in [0.15, 0.2) is 0 Å². The molecule has 2 N–H and O–H groups in total. The Labute approximate surface area is 222 Å². The fourth-order valence-corrected chi connectivity index (χ4v) is 6.24. The van der Waals surface area contributed by atoms with E-state index in [0.717, 1.165) is 42.9 Å². The highest BCUT2D eigenvalue weighted by molar-refractivity contribution is 6.36. The number of anilines is 1. The number of benzene rings is 2. The molecule has 0 aliphatic carbocycles. The van der Waals surface area contributed by atoms with Gasteiger partial charge in [-0.25, -0.2) is 4.39 Å². The Bertz CT molecular complexity index is 1410. The summed E-state index contributed by atoms with van der Waals surface area (Å²) in [5.74, 6) is -0.459. The second-order valence-corrected chi connectivity index (χ2v) is 10.6. The lowest BCUT2D eigenvalue weighted by Crippen LogP contribution is -2.46. The van der Waals surface area contributed by atoms with Crippen LogP contribution in [0, 0.1) is 12.7 Å². The minimum absolute atomic E-state index is 0.117. The highest BCUT2D eigenvalue weighted by atomic mass is 19.1. The van der Waals surface area contributed by atoms with Gasteiger partial charge >= 0.3 is 0 Å². The van der Waals surface area contributed by atoms with E-state index in [1.54, 1.807) is 24.3 Å². The Kier molecular flexibility index (Phi) is 6.62. The van der Waals surface area contributed by atoms with Crippen LogP contribution in [0.2, 0.25) is 0 Å². The lowest BCUT2D eigenvalue weighted by atomic mass is 9.93. The molecule has 2 amide bonds. The lowest BCUT2D eigenvalue weighted by Gasteiger charge is -2.36. The Morgan fingerprint density at radius 3 is 2.53 bits per heavy atom. The standard InChI is InChI=1S/C31H33FN4O2/c1-20-17-21(18-29(37)36-15-11-22(12-16-36)35-13-4-5-14-35)28(33-20)19-25-30-24(23-7-2-3-9-26(23)32)8-6-10-27(30)34-31(25)38/h2-3,6-10,17,19,22,33H,4-5,11-16,18H2,1H3,(H,34,38). The summed E-state index contributed by atoms with van der Waals surface area (Å²) in [6.45, 7) is 5.91. The average Bonchev–Trinajstić information content (AvgIpc) is 3.64. The van der Waals surface area contributed by atoms with E-state index < -0.39 is 0 Å². The summed E-state index contributed by atoms with van der Waals surface area (Å²) in [6, 6.07) is 14.7. The summed E-state index contributed by atoms with van der Waals surface area (Å²) in [4.78, 5) is 34.3. The fourth-order valence-electron chi connectivity index (χ4n) is 6.24. The Hall–Kier alpha value is -3.71. The van der Waals surface area contributed by atoms with Gasteiger partial charge in [0.05, 0.1) is 12.0 Å². The van der Waals surface area contributed by atoms with Crippen LogP contribution in [0.25, 0.3) is 22.8 Å². The number of nitrogens with zero attached hydrogens (tertiary/aromatic N) is 2. The summed E-state index contributed by atoms with van der Waals surface area (Å²) in [5.41, 5.74) is 5.43. The van der Waals surface area contributed by atoms with Gasteiger partial charge in [0.2, 0.25) is 5.91 Å². The van der Waals surface area contributed by atoms with Crippen LogP contribution in [0.3, 0.4) is 0 Å². The quantitative estimate of drug-likeness (QED) is 0.459. The summed E-state index contributed by atoms with van der Waals surface area (Å²) >= 11 is 0. The van der Waals surface area contributed by atoms with Crippen LogP contribution in [0.5, 0.6) is 0 Å². The molecule has 0 saturated carbocycles.